The normalized spacial score (nSPS) is 9.50. The highest BCUT2D eigenvalue weighted by atomic mass is 35.5. The van der Waals surface area contributed by atoms with E-state index in [1.165, 1.54) is 0 Å². The molecule has 74 valence electrons. The average Bonchev–Trinajstić information content (AvgIpc) is 2.18. The minimum atomic E-state index is 0.592. The Hall–Kier alpha value is -1.20. The second-order valence-corrected chi connectivity index (χ2v) is 3.54. The van der Waals surface area contributed by atoms with Crippen molar-refractivity contribution in [1.82, 2.24) is 0 Å². The molecule has 0 saturated heterocycles. The average molecular weight is 209 g/mol. The second-order valence-electron chi connectivity index (χ2n) is 3.13. The summed E-state index contributed by atoms with van der Waals surface area (Å²) in [4.78, 5) is 2.07. The van der Waals surface area contributed by atoms with Gasteiger partial charge in [-0.1, -0.05) is 23.7 Å². The molecular weight excluding hydrogens is 196 g/mol. The standard InChI is InChI=1S/C11H13ClN2/c1-14(9-5-4-8-13)11-7-3-2-6-10(11)12/h2-3,6-7H,4-5,9H2,1H3. The zero-order valence-electron chi connectivity index (χ0n) is 8.20. The quantitative estimate of drug-likeness (QED) is 0.712. The molecule has 0 fully saturated rings. The van der Waals surface area contributed by atoms with Crippen LogP contribution in [0.3, 0.4) is 0 Å². The number of benzene rings is 1. The predicted octanol–water partition coefficient (Wildman–Crippen LogP) is 3.08. The van der Waals surface area contributed by atoms with Crippen molar-refractivity contribution in [3.8, 4) is 6.07 Å². The van der Waals surface area contributed by atoms with E-state index in [1.807, 2.05) is 31.3 Å². The SMILES string of the molecule is CN(CCCC#N)c1ccccc1Cl. The van der Waals surface area contributed by atoms with Crippen LogP contribution in [0.25, 0.3) is 0 Å². The summed E-state index contributed by atoms with van der Waals surface area (Å²) in [6.45, 7) is 0.858. The number of nitrogens with zero attached hydrogens (tertiary/aromatic N) is 2. The van der Waals surface area contributed by atoms with Gasteiger partial charge < -0.3 is 4.90 Å². The molecule has 1 rings (SSSR count). The third-order valence-corrected chi connectivity index (χ3v) is 2.37. The van der Waals surface area contributed by atoms with Gasteiger partial charge in [-0.25, -0.2) is 0 Å². The molecule has 0 unspecified atom stereocenters. The summed E-state index contributed by atoms with van der Waals surface area (Å²) in [5.41, 5.74) is 1.02. The van der Waals surface area contributed by atoms with E-state index in [4.69, 9.17) is 16.9 Å². The first-order valence-corrected chi connectivity index (χ1v) is 4.96. The first-order chi connectivity index (χ1) is 6.75. The van der Waals surface area contributed by atoms with Crippen LogP contribution in [0.4, 0.5) is 5.69 Å². The second kappa shape index (κ2) is 5.51. The molecule has 14 heavy (non-hydrogen) atoms. The van der Waals surface area contributed by atoms with Crippen LogP contribution in [0.15, 0.2) is 24.3 Å². The summed E-state index contributed by atoms with van der Waals surface area (Å²) < 4.78 is 0. The van der Waals surface area contributed by atoms with Crippen molar-refractivity contribution < 1.29 is 0 Å². The Kier molecular flexibility index (Phi) is 4.28. The maximum absolute atomic E-state index is 8.41. The van der Waals surface area contributed by atoms with Crippen molar-refractivity contribution in [3.63, 3.8) is 0 Å². The largest absolute Gasteiger partial charge is 0.373 e. The lowest BCUT2D eigenvalue weighted by Gasteiger charge is -2.19. The van der Waals surface area contributed by atoms with Crippen molar-refractivity contribution in [1.29, 1.82) is 5.26 Å². The number of anilines is 1. The van der Waals surface area contributed by atoms with Crippen LogP contribution in [0.2, 0.25) is 5.02 Å². The van der Waals surface area contributed by atoms with Gasteiger partial charge in [-0.15, -0.1) is 0 Å². The Bertz CT molecular complexity index is 330. The Morgan fingerprint density at radius 2 is 2.14 bits per heavy atom. The fraction of sp³-hybridized carbons (Fsp3) is 0.364. The van der Waals surface area contributed by atoms with E-state index in [-0.39, 0.29) is 0 Å². The number of nitriles is 1. The Morgan fingerprint density at radius 3 is 2.79 bits per heavy atom. The summed E-state index contributed by atoms with van der Waals surface area (Å²) in [5.74, 6) is 0. The van der Waals surface area contributed by atoms with Crippen LogP contribution >= 0.6 is 11.6 Å². The third kappa shape index (κ3) is 2.93. The molecule has 0 atom stereocenters. The summed E-state index contributed by atoms with van der Waals surface area (Å²) in [6.07, 6.45) is 1.47. The summed E-state index contributed by atoms with van der Waals surface area (Å²) in [6, 6.07) is 9.86. The fourth-order valence-electron chi connectivity index (χ4n) is 1.28. The number of halogens is 1. The Morgan fingerprint density at radius 1 is 1.43 bits per heavy atom. The van der Waals surface area contributed by atoms with Crippen molar-refractivity contribution >= 4 is 17.3 Å². The predicted molar refractivity (Wildman–Crippen MR) is 59.6 cm³/mol. The molecule has 0 aliphatic heterocycles. The first kappa shape index (κ1) is 10.9. The molecule has 1 aromatic carbocycles. The molecule has 0 bridgehead atoms. The molecule has 0 aliphatic rings. The lowest BCUT2D eigenvalue weighted by Crippen LogP contribution is -2.18. The number of unbranched alkanes of at least 4 members (excludes halogenated alkanes) is 1. The number of hydrogen-bond acceptors (Lipinski definition) is 2. The van der Waals surface area contributed by atoms with Crippen LogP contribution in [0, 0.1) is 11.3 Å². The van der Waals surface area contributed by atoms with Gasteiger partial charge >= 0.3 is 0 Å². The maximum atomic E-state index is 8.41. The van der Waals surface area contributed by atoms with E-state index in [1.54, 1.807) is 0 Å². The van der Waals surface area contributed by atoms with Crippen molar-refractivity contribution in [2.24, 2.45) is 0 Å². The molecule has 0 N–H and O–H groups in total. The minimum Gasteiger partial charge on any atom is -0.373 e. The van der Waals surface area contributed by atoms with Crippen LogP contribution < -0.4 is 4.90 Å². The zero-order valence-corrected chi connectivity index (χ0v) is 8.96. The van der Waals surface area contributed by atoms with Gasteiger partial charge in [0.2, 0.25) is 0 Å². The number of hydrogen-bond donors (Lipinski definition) is 0. The third-order valence-electron chi connectivity index (χ3n) is 2.05. The number of rotatable bonds is 4. The highest BCUT2D eigenvalue weighted by Gasteiger charge is 2.03. The Labute approximate surface area is 89.7 Å². The van der Waals surface area contributed by atoms with Gasteiger partial charge in [0.15, 0.2) is 0 Å². The topological polar surface area (TPSA) is 27.0 Å². The van der Waals surface area contributed by atoms with Gasteiger partial charge in [0, 0.05) is 20.0 Å². The van der Waals surface area contributed by atoms with Gasteiger partial charge in [-0.05, 0) is 18.6 Å². The van der Waals surface area contributed by atoms with Crippen LogP contribution in [0.1, 0.15) is 12.8 Å². The molecule has 0 aliphatic carbocycles. The van der Waals surface area contributed by atoms with E-state index in [0.717, 1.165) is 23.7 Å². The monoisotopic (exact) mass is 208 g/mol. The maximum Gasteiger partial charge on any atom is 0.0639 e. The van der Waals surface area contributed by atoms with Crippen LogP contribution in [-0.2, 0) is 0 Å². The molecule has 0 saturated carbocycles. The fourth-order valence-corrected chi connectivity index (χ4v) is 1.56. The molecule has 0 aromatic heterocycles. The first-order valence-electron chi connectivity index (χ1n) is 4.58. The van der Waals surface area contributed by atoms with E-state index in [0.29, 0.717) is 6.42 Å². The van der Waals surface area contributed by atoms with Crippen LogP contribution in [0.5, 0.6) is 0 Å². The Balaban J connectivity index is 2.57. The molecule has 0 heterocycles. The molecule has 0 radical (unpaired) electrons. The lowest BCUT2D eigenvalue weighted by molar-refractivity contribution is 0.807. The van der Waals surface area contributed by atoms with Gasteiger partial charge in [0.25, 0.3) is 0 Å². The zero-order chi connectivity index (χ0) is 10.4. The van der Waals surface area contributed by atoms with Gasteiger partial charge in [-0.2, -0.15) is 5.26 Å². The minimum absolute atomic E-state index is 0.592. The van der Waals surface area contributed by atoms with Crippen LogP contribution in [-0.4, -0.2) is 13.6 Å². The highest BCUT2D eigenvalue weighted by Crippen LogP contribution is 2.23. The van der Waals surface area contributed by atoms with E-state index in [9.17, 15) is 0 Å². The van der Waals surface area contributed by atoms with Gasteiger partial charge in [-0.3, -0.25) is 0 Å². The molecule has 0 amide bonds. The molecule has 2 nitrogen and oxygen atoms in total. The molecule has 1 aromatic rings. The van der Waals surface area contributed by atoms with E-state index >= 15 is 0 Å². The highest BCUT2D eigenvalue weighted by molar-refractivity contribution is 6.33. The molecule has 0 spiro atoms. The van der Waals surface area contributed by atoms with Crippen molar-refractivity contribution in [3.05, 3.63) is 29.3 Å². The summed E-state index contributed by atoms with van der Waals surface area (Å²) >= 11 is 6.03. The van der Waals surface area contributed by atoms with Gasteiger partial charge in [0.05, 0.1) is 16.8 Å². The van der Waals surface area contributed by atoms with E-state index in [2.05, 4.69) is 11.0 Å². The lowest BCUT2D eigenvalue weighted by atomic mass is 10.2. The number of para-hydroxylation sites is 1. The molecule has 3 heteroatoms. The summed E-state index contributed by atoms with van der Waals surface area (Å²) in [7, 11) is 1.98. The van der Waals surface area contributed by atoms with E-state index < -0.39 is 0 Å². The molecular formula is C11H13ClN2. The van der Waals surface area contributed by atoms with Crippen molar-refractivity contribution in [2.45, 2.75) is 12.8 Å². The van der Waals surface area contributed by atoms with Gasteiger partial charge in [0.1, 0.15) is 0 Å². The van der Waals surface area contributed by atoms with Crippen molar-refractivity contribution in [2.75, 3.05) is 18.5 Å². The summed E-state index contributed by atoms with van der Waals surface area (Å²) in [5, 5.41) is 9.17. The smallest absolute Gasteiger partial charge is 0.0639 e.